The maximum absolute atomic E-state index is 12.8. The molecular formula is C15H24N4O3S. The minimum Gasteiger partial charge on any atom is -0.334 e. The molecule has 0 spiro atoms. The number of aromatic nitrogens is 1. The van der Waals surface area contributed by atoms with Crippen LogP contribution in [0.15, 0.2) is 23.4 Å². The van der Waals surface area contributed by atoms with Crippen LogP contribution in [0.1, 0.15) is 30.1 Å². The lowest BCUT2D eigenvalue weighted by Gasteiger charge is -2.30. The SMILES string of the molecule is CCC1CN(C)CCCN1C(=O)c1ccc(S(=O)(=O)NC)nc1. The molecule has 1 atom stereocenters. The van der Waals surface area contributed by atoms with Crippen molar-refractivity contribution in [3.05, 3.63) is 23.9 Å². The van der Waals surface area contributed by atoms with Crippen LogP contribution in [0, 0.1) is 0 Å². The summed E-state index contributed by atoms with van der Waals surface area (Å²) in [6.07, 6.45) is 3.15. The highest BCUT2D eigenvalue weighted by Gasteiger charge is 2.27. The second kappa shape index (κ2) is 7.37. The van der Waals surface area contributed by atoms with Gasteiger partial charge in [0.25, 0.3) is 15.9 Å². The molecule has 2 heterocycles. The van der Waals surface area contributed by atoms with Gasteiger partial charge in [-0.15, -0.1) is 0 Å². The molecule has 1 unspecified atom stereocenters. The summed E-state index contributed by atoms with van der Waals surface area (Å²) in [6.45, 7) is 4.60. The fraction of sp³-hybridized carbons (Fsp3) is 0.600. The lowest BCUT2D eigenvalue weighted by atomic mass is 10.1. The first-order valence-corrected chi connectivity index (χ1v) is 9.26. The van der Waals surface area contributed by atoms with Crippen molar-refractivity contribution in [3.8, 4) is 0 Å². The van der Waals surface area contributed by atoms with Gasteiger partial charge in [-0.3, -0.25) is 4.79 Å². The third kappa shape index (κ3) is 4.07. The summed E-state index contributed by atoms with van der Waals surface area (Å²) in [5.74, 6) is -0.0898. The minimum absolute atomic E-state index is 0.0841. The first-order chi connectivity index (χ1) is 10.9. The second-order valence-corrected chi connectivity index (χ2v) is 7.60. The van der Waals surface area contributed by atoms with E-state index in [0.717, 1.165) is 25.9 Å². The topological polar surface area (TPSA) is 82.6 Å². The Hall–Kier alpha value is -1.51. The summed E-state index contributed by atoms with van der Waals surface area (Å²) in [5, 5.41) is -0.0841. The number of likely N-dealkylation sites (N-methyl/N-ethyl adjacent to an activating group) is 1. The summed E-state index contributed by atoms with van der Waals surface area (Å²) in [4.78, 5) is 20.8. The lowest BCUT2D eigenvalue weighted by molar-refractivity contribution is 0.0675. The Balaban J connectivity index is 2.22. The van der Waals surface area contributed by atoms with Crippen LogP contribution >= 0.6 is 0 Å². The van der Waals surface area contributed by atoms with Gasteiger partial charge < -0.3 is 9.80 Å². The van der Waals surface area contributed by atoms with Crippen LogP contribution in [0.3, 0.4) is 0 Å². The molecule has 1 saturated heterocycles. The molecule has 1 aliphatic rings. The Morgan fingerprint density at radius 3 is 2.70 bits per heavy atom. The Bertz CT molecular complexity index is 645. The van der Waals surface area contributed by atoms with Crippen molar-refractivity contribution in [1.82, 2.24) is 19.5 Å². The number of sulfonamides is 1. The third-order valence-electron chi connectivity index (χ3n) is 4.16. The Morgan fingerprint density at radius 2 is 2.13 bits per heavy atom. The van der Waals surface area contributed by atoms with Crippen molar-refractivity contribution in [2.75, 3.05) is 33.7 Å². The zero-order valence-corrected chi connectivity index (χ0v) is 14.6. The molecule has 1 fully saturated rings. The molecule has 1 aromatic rings. The molecule has 1 N–H and O–H groups in total. The van der Waals surface area contributed by atoms with Gasteiger partial charge in [-0.05, 0) is 45.6 Å². The van der Waals surface area contributed by atoms with E-state index in [0.29, 0.717) is 12.1 Å². The third-order valence-corrected chi connectivity index (χ3v) is 5.49. The maximum Gasteiger partial charge on any atom is 0.257 e. The zero-order chi connectivity index (χ0) is 17.0. The van der Waals surface area contributed by atoms with E-state index >= 15 is 0 Å². The highest BCUT2D eigenvalue weighted by Crippen LogP contribution is 2.16. The van der Waals surface area contributed by atoms with Crippen molar-refractivity contribution in [3.63, 3.8) is 0 Å². The molecule has 8 heteroatoms. The number of amides is 1. The molecule has 0 radical (unpaired) electrons. The van der Waals surface area contributed by atoms with E-state index < -0.39 is 10.0 Å². The van der Waals surface area contributed by atoms with Gasteiger partial charge in [0.05, 0.1) is 5.56 Å². The van der Waals surface area contributed by atoms with Crippen LogP contribution in [0.4, 0.5) is 0 Å². The summed E-state index contributed by atoms with van der Waals surface area (Å²) in [6, 6.07) is 3.06. The first kappa shape index (κ1) is 17.8. The largest absolute Gasteiger partial charge is 0.334 e. The van der Waals surface area contributed by atoms with Gasteiger partial charge in [0.15, 0.2) is 5.03 Å². The Kier molecular flexibility index (Phi) is 5.72. The number of nitrogens with zero attached hydrogens (tertiary/aromatic N) is 3. The quantitative estimate of drug-likeness (QED) is 0.865. The number of nitrogens with one attached hydrogen (secondary N) is 1. The summed E-state index contributed by atoms with van der Waals surface area (Å²) >= 11 is 0. The average molecular weight is 340 g/mol. The van der Waals surface area contributed by atoms with Gasteiger partial charge in [0, 0.05) is 25.3 Å². The highest BCUT2D eigenvalue weighted by atomic mass is 32.2. The predicted molar refractivity (Wildman–Crippen MR) is 87.7 cm³/mol. The van der Waals surface area contributed by atoms with E-state index in [9.17, 15) is 13.2 Å². The van der Waals surface area contributed by atoms with Crippen molar-refractivity contribution < 1.29 is 13.2 Å². The number of hydrogen-bond acceptors (Lipinski definition) is 5. The normalized spacial score (nSPS) is 20.3. The van der Waals surface area contributed by atoms with Crippen LogP contribution in [-0.4, -0.2) is 68.9 Å². The summed E-state index contributed by atoms with van der Waals surface area (Å²) in [7, 11) is -0.193. The second-order valence-electron chi connectivity index (χ2n) is 5.77. The molecule has 0 aliphatic carbocycles. The van der Waals surface area contributed by atoms with Crippen LogP contribution in [0.2, 0.25) is 0 Å². The standard InChI is InChI=1S/C15H24N4O3S/c1-4-13-11-18(3)8-5-9-19(13)15(20)12-6-7-14(17-10-12)23(21,22)16-2/h6-7,10,13,16H,4-5,8-9,11H2,1-3H3. The number of rotatable bonds is 4. The average Bonchev–Trinajstić information content (AvgIpc) is 2.75. The summed E-state index contributed by atoms with van der Waals surface area (Å²) < 4.78 is 25.6. The molecule has 0 bridgehead atoms. The van der Waals surface area contributed by atoms with E-state index in [2.05, 4.69) is 28.6 Å². The molecule has 0 saturated carbocycles. The Labute approximate surface area is 137 Å². The first-order valence-electron chi connectivity index (χ1n) is 7.78. The van der Waals surface area contributed by atoms with Gasteiger partial charge in [-0.1, -0.05) is 6.92 Å². The van der Waals surface area contributed by atoms with E-state index in [1.54, 1.807) is 0 Å². The van der Waals surface area contributed by atoms with Crippen LogP contribution < -0.4 is 4.72 Å². The molecule has 0 aromatic carbocycles. The molecule has 7 nitrogen and oxygen atoms in total. The number of carbonyl (C=O) groups is 1. The van der Waals surface area contributed by atoms with Crippen molar-refractivity contribution in [2.24, 2.45) is 0 Å². The van der Waals surface area contributed by atoms with Gasteiger partial charge in [0.1, 0.15) is 0 Å². The molecule has 23 heavy (non-hydrogen) atoms. The zero-order valence-electron chi connectivity index (χ0n) is 13.8. The smallest absolute Gasteiger partial charge is 0.257 e. The van der Waals surface area contributed by atoms with Crippen molar-refractivity contribution in [2.45, 2.75) is 30.8 Å². The number of carbonyl (C=O) groups excluding carboxylic acids is 1. The molecule has 1 amide bonds. The fourth-order valence-electron chi connectivity index (χ4n) is 2.80. The van der Waals surface area contributed by atoms with Crippen LogP contribution in [-0.2, 0) is 10.0 Å². The monoisotopic (exact) mass is 340 g/mol. The number of hydrogen-bond donors (Lipinski definition) is 1. The molecule has 128 valence electrons. The van der Waals surface area contributed by atoms with Gasteiger partial charge in [-0.25, -0.2) is 18.1 Å². The molecule has 2 rings (SSSR count). The van der Waals surface area contributed by atoms with Crippen molar-refractivity contribution in [1.29, 1.82) is 0 Å². The van der Waals surface area contributed by atoms with Gasteiger partial charge in [0.2, 0.25) is 0 Å². The minimum atomic E-state index is -3.59. The van der Waals surface area contributed by atoms with Crippen molar-refractivity contribution >= 4 is 15.9 Å². The lowest BCUT2D eigenvalue weighted by Crippen LogP contribution is -2.43. The van der Waals surface area contributed by atoms with Crippen LogP contribution in [0.5, 0.6) is 0 Å². The van der Waals surface area contributed by atoms with E-state index in [1.807, 2.05) is 4.90 Å². The fourth-order valence-corrected chi connectivity index (χ4v) is 3.44. The van der Waals surface area contributed by atoms with E-state index in [4.69, 9.17) is 0 Å². The molecule has 1 aromatic heterocycles. The Morgan fingerprint density at radius 1 is 1.39 bits per heavy atom. The van der Waals surface area contributed by atoms with Gasteiger partial charge in [-0.2, -0.15) is 0 Å². The molecular weight excluding hydrogens is 316 g/mol. The van der Waals surface area contributed by atoms with Gasteiger partial charge >= 0.3 is 0 Å². The van der Waals surface area contributed by atoms with E-state index in [-0.39, 0.29) is 17.0 Å². The highest BCUT2D eigenvalue weighted by molar-refractivity contribution is 7.89. The van der Waals surface area contributed by atoms with Crippen LogP contribution in [0.25, 0.3) is 0 Å². The molecule has 1 aliphatic heterocycles. The number of pyridine rings is 1. The summed E-state index contributed by atoms with van der Waals surface area (Å²) in [5.41, 5.74) is 0.419. The predicted octanol–water partition coefficient (Wildman–Crippen LogP) is 0.546. The van der Waals surface area contributed by atoms with E-state index in [1.165, 1.54) is 25.4 Å². The maximum atomic E-state index is 12.8.